The standard InChI is InChI=1S/C19H24N6OS3/c1-4-16-21-23-18(29-16)20-15(26)10-28-19-24-22-17(25(19)11(2)3)13-9-27-14-8-6-5-7-12(13)14/h9,11H,4-8,10H2,1-3H3,(H,20,23,26). The molecular formula is C19H24N6OS3. The smallest absolute Gasteiger partial charge is 0.236 e. The minimum Gasteiger partial charge on any atom is -0.300 e. The molecule has 3 aromatic rings. The van der Waals surface area contributed by atoms with Gasteiger partial charge in [0, 0.05) is 21.9 Å². The van der Waals surface area contributed by atoms with Crippen LogP contribution in [-0.2, 0) is 24.1 Å². The van der Waals surface area contributed by atoms with E-state index in [0.29, 0.717) is 5.13 Å². The van der Waals surface area contributed by atoms with E-state index in [-0.39, 0.29) is 17.7 Å². The second kappa shape index (κ2) is 8.93. The number of thiophene rings is 1. The van der Waals surface area contributed by atoms with Crippen molar-refractivity contribution in [1.82, 2.24) is 25.0 Å². The Kier molecular flexibility index (Phi) is 6.31. The van der Waals surface area contributed by atoms with Crippen LogP contribution in [0.25, 0.3) is 11.4 Å². The van der Waals surface area contributed by atoms with E-state index in [1.807, 2.05) is 18.3 Å². The van der Waals surface area contributed by atoms with Crippen molar-refractivity contribution in [2.24, 2.45) is 0 Å². The average Bonchev–Trinajstić information content (AvgIpc) is 3.43. The topological polar surface area (TPSA) is 85.6 Å². The van der Waals surface area contributed by atoms with Crippen molar-refractivity contribution < 1.29 is 4.79 Å². The molecule has 154 valence electrons. The lowest BCUT2D eigenvalue weighted by Gasteiger charge is -2.16. The van der Waals surface area contributed by atoms with Gasteiger partial charge in [-0.05, 0) is 51.5 Å². The van der Waals surface area contributed by atoms with E-state index in [4.69, 9.17) is 0 Å². The Morgan fingerprint density at radius 2 is 2.07 bits per heavy atom. The Morgan fingerprint density at radius 3 is 2.83 bits per heavy atom. The summed E-state index contributed by atoms with van der Waals surface area (Å²) in [5.41, 5.74) is 2.65. The number of fused-ring (bicyclic) bond motifs is 1. The van der Waals surface area contributed by atoms with Crippen LogP contribution in [-0.4, -0.2) is 36.6 Å². The van der Waals surface area contributed by atoms with Gasteiger partial charge in [-0.3, -0.25) is 14.7 Å². The Labute approximate surface area is 182 Å². The number of rotatable bonds is 7. The fourth-order valence-electron chi connectivity index (χ4n) is 3.44. The molecule has 4 rings (SSSR count). The predicted octanol–water partition coefficient (Wildman–Crippen LogP) is 4.61. The third-order valence-corrected chi connectivity index (χ3v) is 7.85. The van der Waals surface area contributed by atoms with Gasteiger partial charge in [-0.1, -0.05) is 30.0 Å². The highest BCUT2D eigenvalue weighted by atomic mass is 32.2. The Bertz CT molecular complexity index is 1010. The second-order valence-corrected chi connectivity index (χ2v) is 10.2. The van der Waals surface area contributed by atoms with Gasteiger partial charge in [-0.25, -0.2) is 0 Å². The maximum absolute atomic E-state index is 12.3. The van der Waals surface area contributed by atoms with E-state index < -0.39 is 0 Å². The molecular weight excluding hydrogens is 424 g/mol. The van der Waals surface area contributed by atoms with E-state index in [0.717, 1.165) is 28.8 Å². The van der Waals surface area contributed by atoms with Crippen LogP contribution in [0.15, 0.2) is 10.5 Å². The summed E-state index contributed by atoms with van der Waals surface area (Å²) < 4.78 is 2.15. The number of anilines is 1. The van der Waals surface area contributed by atoms with Crippen molar-refractivity contribution in [1.29, 1.82) is 0 Å². The van der Waals surface area contributed by atoms with E-state index >= 15 is 0 Å². The molecule has 0 radical (unpaired) electrons. The summed E-state index contributed by atoms with van der Waals surface area (Å²) in [7, 11) is 0. The Balaban J connectivity index is 1.50. The molecule has 29 heavy (non-hydrogen) atoms. The lowest BCUT2D eigenvalue weighted by Crippen LogP contribution is -2.15. The van der Waals surface area contributed by atoms with Gasteiger partial charge in [0.05, 0.1) is 5.75 Å². The number of aromatic nitrogens is 5. The van der Waals surface area contributed by atoms with Crippen molar-refractivity contribution in [3.8, 4) is 11.4 Å². The third kappa shape index (κ3) is 4.39. The summed E-state index contributed by atoms with van der Waals surface area (Å²) >= 11 is 4.65. The average molecular weight is 449 g/mol. The van der Waals surface area contributed by atoms with Gasteiger partial charge >= 0.3 is 0 Å². The Hall–Kier alpha value is -1.78. The molecule has 10 heteroatoms. The van der Waals surface area contributed by atoms with Crippen LogP contribution in [0.2, 0.25) is 0 Å². The molecule has 0 spiro atoms. The van der Waals surface area contributed by atoms with Crippen molar-refractivity contribution >= 4 is 45.5 Å². The molecule has 1 N–H and O–H groups in total. The zero-order valence-electron chi connectivity index (χ0n) is 16.8. The molecule has 7 nitrogen and oxygen atoms in total. The van der Waals surface area contributed by atoms with Gasteiger partial charge in [0.25, 0.3) is 0 Å². The highest BCUT2D eigenvalue weighted by Gasteiger charge is 2.23. The summed E-state index contributed by atoms with van der Waals surface area (Å²) in [5.74, 6) is 1.06. The number of aryl methyl sites for hydroxylation is 2. The molecule has 1 aliphatic rings. The molecule has 0 atom stereocenters. The first kappa shape index (κ1) is 20.5. The van der Waals surface area contributed by atoms with Crippen molar-refractivity contribution in [2.75, 3.05) is 11.1 Å². The van der Waals surface area contributed by atoms with Crippen LogP contribution < -0.4 is 5.32 Å². The van der Waals surface area contributed by atoms with E-state index in [1.54, 1.807) is 0 Å². The molecule has 1 amide bonds. The maximum atomic E-state index is 12.3. The minimum atomic E-state index is -0.110. The number of carbonyl (C=O) groups excluding carboxylic acids is 1. The number of thioether (sulfide) groups is 1. The zero-order chi connectivity index (χ0) is 20.4. The van der Waals surface area contributed by atoms with Crippen LogP contribution >= 0.6 is 34.4 Å². The molecule has 0 saturated heterocycles. The van der Waals surface area contributed by atoms with Gasteiger partial charge in [0.15, 0.2) is 11.0 Å². The summed E-state index contributed by atoms with van der Waals surface area (Å²) in [5, 5.41) is 24.2. The largest absolute Gasteiger partial charge is 0.300 e. The normalized spacial score (nSPS) is 13.7. The van der Waals surface area contributed by atoms with Crippen molar-refractivity contribution in [2.45, 2.75) is 64.1 Å². The molecule has 0 bridgehead atoms. The number of amides is 1. The molecule has 0 unspecified atom stereocenters. The fraction of sp³-hybridized carbons (Fsp3) is 0.526. The Morgan fingerprint density at radius 1 is 1.24 bits per heavy atom. The predicted molar refractivity (Wildman–Crippen MR) is 119 cm³/mol. The molecule has 0 saturated carbocycles. The number of carbonyl (C=O) groups is 1. The highest BCUT2D eigenvalue weighted by molar-refractivity contribution is 7.99. The van der Waals surface area contributed by atoms with Crippen molar-refractivity contribution in [3.63, 3.8) is 0 Å². The summed E-state index contributed by atoms with van der Waals surface area (Å²) in [6.07, 6.45) is 5.61. The lowest BCUT2D eigenvalue weighted by atomic mass is 9.95. The highest BCUT2D eigenvalue weighted by Crippen LogP contribution is 2.37. The SMILES string of the molecule is CCc1nnc(NC(=O)CSc2nnc(-c3csc4c3CCCC4)n2C(C)C)s1. The molecule has 3 aromatic heterocycles. The van der Waals surface area contributed by atoms with Gasteiger partial charge in [-0.2, -0.15) is 0 Å². The molecule has 3 heterocycles. The quantitative estimate of drug-likeness (QED) is 0.531. The fourth-order valence-corrected chi connectivity index (χ4v) is 6.13. The number of nitrogens with one attached hydrogen (secondary N) is 1. The van der Waals surface area contributed by atoms with Gasteiger partial charge < -0.3 is 0 Å². The first-order valence-corrected chi connectivity index (χ1v) is 12.5. The number of hydrogen-bond donors (Lipinski definition) is 1. The molecule has 0 aliphatic heterocycles. The van der Waals surface area contributed by atoms with Crippen LogP contribution in [0.4, 0.5) is 5.13 Å². The van der Waals surface area contributed by atoms with Gasteiger partial charge in [0.2, 0.25) is 11.0 Å². The van der Waals surface area contributed by atoms with Crippen molar-refractivity contribution in [3.05, 3.63) is 20.8 Å². The van der Waals surface area contributed by atoms with E-state index in [9.17, 15) is 4.79 Å². The third-order valence-electron chi connectivity index (χ3n) is 4.83. The van der Waals surface area contributed by atoms with E-state index in [1.165, 1.54) is 58.4 Å². The first-order chi connectivity index (χ1) is 14.1. The molecule has 1 aliphatic carbocycles. The second-order valence-electron chi connectivity index (χ2n) is 7.22. The molecule has 0 aromatic carbocycles. The number of nitrogens with zero attached hydrogens (tertiary/aromatic N) is 5. The van der Waals surface area contributed by atoms with Crippen LogP contribution in [0, 0.1) is 0 Å². The lowest BCUT2D eigenvalue weighted by molar-refractivity contribution is -0.113. The zero-order valence-corrected chi connectivity index (χ0v) is 19.2. The van der Waals surface area contributed by atoms with E-state index in [2.05, 4.69) is 49.5 Å². The van der Waals surface area contributed by atoms with Gasteiger partial charge in [0.1, 0.15) is 5.01 Å². The summed E-state index contributed by atoms with van der Waals surface area (Å²) in [6, 6.07) is 0.208. The van der Waals surface area contributed by atoms with Crippen LogP contribution in [0.3, 0.4) is 0 Å². The summed E-state index contributed by atoms with van der Waals surface area (Å²) in [6.45, 7) is 6.27. The van der Waals surface area contributed by atoms with Crippen LogP contribution in [0.5, 0.6) is 0 Å². The number of hydrogen-bond acceptors (Lipinski definition) is 8. The first-order valence-electron chi connectivity index (χ1n) is 9.86. The van der Waals surface area contributed by atoms with Crippen LogP contribution in [0.1, 0.15) is 55.1 Å². The molecule has 0 fully saturated rings. The monoisotopic (exact) mass is 448 g/mol. The van der Waals surface area contributed by atoms with Gasteiger partial charge in [-0.15, -0.1) is 31.7 Å². The maximum Gasteiger partial charge on any atom is 0.236 e. The summed E-state index contributed by atoms with van der Waals surface area (Å²) in [4.78, 5) is 13.8. The minimum absolute atomic E-state index is 0.110.